The number of anilines is 1. The number of hydrogen-bond acceptors (Lipinski definition) is 6. The number of H-pyrrole nitrogens is 1. The molecule has 0 spiro atoms. The zero-order chi connectivity index (χ0) is 23.8. The number of aromatic amines is 1. The van der Waals surface area contributed by atoms with E-state index in [1.807, 2.05) is 0 Å². The van der Waals surface area contributed by atoms with E-state index in [1.54, 1.807) is 13.0 Å². The number of carbonyl (C=O) groups is 1. The van der Waals surface area contributed by atoms with E-state index in [4.69, 9.17) is 11.6 Å². The number of pyridine rings is 1. The summed E-state index contributed by atoms with van der Waals surface area (Å²) in [5.74, 6) is -3.69. The Morgan fingerprint density at radius 2 is 1.94 bits per heavy atom. The van der Waals surface area contributed by atoms with Gasteiger partial charge >= 0.3 is 0 Å². The van der Waals surface area contributed by atoms with Gasteiger partial charge in [0, 0.05) is 41.3 Å². The Kier molecular flexibility index (Phi) is 6.09. The Balaban J connectivity index is 1.80. The van der Waals surface area contributed by atoms with Crippen LogP contribution in [0.4, 0.5) is 14.5 Å². The summed E-state index contributed by atoms with van der Waals surface area (Å²) < 4.78 is 55.8. The van der Waals surface area contributed by atoms with E-state index in [0.717, 1.165) is 12.1 Å². The lowest BCUT2D eigenvalue weighted by atomic mass is 10.0. The highest BCUT2D eigenvalue weighted by Crippen LogP contribution is 2.30. The molecule has 0 saturated heterocycles. The van der Waals surface area contributed by atoms with Crippen LogP contribution in [-0.2, 0) is 10.0 Å². The first-order valence-corrected chi connectivity index (χ1v) is 11.7. The first-order chi connectivity index (χ1) is 15.7. The van der Waals surface area contributed by atoms with Crippen molar-refractivity contribution in [3.8, 4) is 11.3 Å². The third-order valence-corrected chi connectivity index (χ3v) is 6.51. The molecule has 0 fully saturated rings. The lowest BCUT2D eigenvalue weighted by molar-refractivity contribution is 0.103. The normalized spacial score (nSPS) is 11.6. The summed E-state index contributed by atoms with van der Waals surface area (Å²) >= 11 is 6.08. The predicted molar refractivity (Wildman–Crippen MR) is 120 cm³/mol. The second-order valence-corrected chi connectivity index (χ2v) is 9.25. The number of halogens is 3. The topological polar surface area (TPSA) is 118 Å². The zero-order valence-electron chi connectivity index (χ0n) is 17.1. The van der Waals surface area contributed by atoms with Crippen LogP contribution in [-0.4, -0.2) is 39.9 Å². The van der Waals surface area contributed by atoms with E-state index in [0.29, 0.717) is 23.3 Å². The lowest BCUT2D eigenvalue weighted by Gasteiger charge is -2.11. The van der Waals surface area contributed by atoms with Crippen LogP contribution >= 0.6 is 11.6 Å². The van der Waals surface area contributed by atoms with Gasteiger partial charge < -0.3 is 4.98 Å². The van der Waals surface area contributed by atoms with Crippen molar-refractivity contribution in [3.05, 3.63) is 70.9 Å². The highest BCUT2D eigenvalue weighted by atomic mass is 35.5. The van der Waals surface area contributed by atoms with Crippen molar-refractivity contribution in [3.63, 3.8) is 0 Å². The number of aromatic nitrogens is 4. The van der Waals surface area contributed by atoms with Crippen molar-refractivity contribution < 1.29 is 22.0 Å². The third kappa shape index (κ3) is 4.41. The number of carbonyl (C=O) groups excluding carboxylic acids is 1. The van der Waals surface area contributed by atoms with Gasteiger partial charge in [0.05, 0.1) is 17.0 Å². The Labute approximate surface area is 192 Å². The summed E-state index contributed by atoms with van der Waals surface area (Å²) in [6.45, 7) is 1.64. The van der Waals surface area contributed by atoms with Gasteiger partial charge in [0.15, 0.2) is 11.0 Å². The van der Waals surface area contributed by atoms with Crippen LogP contribution in [0.2, 0.25) is 5.15 Å². The Morgan fingerprint density at radius 1 is 1.18 bits per heavy atom. The van der Waals surface area contributed by atoms with Crippen LogP contribution < -0.4 is 4.72 Å². The molecule has 8 nitrogen and oxygen atoms in total. The van der Waals surface area contributed by atoms with E-state index < -0.39 is 38.7 Å². The molecule has 0 aliphatic carbocycles. The minimum absolute atomic E-state index is 0.0641. The largest absolute Gasteiger partial charge is 0.345 e. The van der Waals surface area contributed by atoms with Gasteiger partial charge in [0.1, 0.15) is 17.2 Å². The van der Waals surface area contributed by atoms with Gasteiger partial charge in [-0.25, -0.2) is 27.2 Å². The highest BCUT2D eigenvalue weighted by Gasteiger charge is 2.26. The van der Waals surface area contributed by atoms with E-state index in [2.05, 4.69) is 24.7 Å². The predicted octanol–water partition coefficient (Wildman–Crippen LogP) is 4.33. The fraction of sp³-hybridized carbons (Fsp3) is 0.143. The van der Waals surface area contributed by atoms with E-state index in [9.17, 15) is 17.6 Å². The molecule has 0 bridgehead atoms. The molecule has 0 amide bonds. The van der Waals surface area contributed by atoms with Gasteiger partial charge in [0.25, 0.3) is 0 Å². The molecule has 0 aliphatic rings. The minimum atomic E-state index is -3.86. The van der Waals surface area contributed by atoms with Crippen LogP contribution in [0.15, 0.2) is 43.0 Å². The van der Waals surface area contributed by atoms with Gasteiger partial charge in [-0.05, 0) is 24.6 Å². The summed E-state index contributed by atoms with van der Waals surface area (Å²) in [6, 6.07) is 3.31. The second kappa shape index (κ2) is 8.83. The smallest absolute Gasteiger partial charge is 0.232 e. The summed E-state index contributed by atoms with van der Waals surface area (Å²) in [5.41, 5.74) is -0.420. The number of hydrogen-bond donors (Lipinski definition) is 2. The molecule has 0 atom stereocenters. The fourth-order valence-corrected chi connectivity index (χ4v) is 4.64. The summed E-state index contributed by atoms with van der Waals surface area (Å²) in [6.07, 6.45) is 5.88. The third-order valence-electron chi connectivity index (χ3n) is 4.76. The number of ketones is 1. The molecule has 33 heavy (non-hydrogen) atoms. The van der Waals surface area contributed by atoms with E-state index in [-0.39, 0.29) is 21.9 Å². The van der Waals surface area contributed by atoms with Gasteiger partial charge in [-0.1, -0.05) is 18.5 Å². The van der Waals surface area contributed by atoms with Crippen LogP contribution in [0.1, 0.15) is 29.3 Å². The number of benzene rings is 1. The molecular formula is C21H16ClF2N5O3S. The Hall–Kier alpha value is -3.44. The maximum atomic E-state index is 15.1. The van der Waals surface area contributed by atoms with Crippen molar-refractivity contribution in [2.75, 3.05) is 10.5 Å². The first-order valence-electron chi connectivity index (χ1n) is 9.69. The molecule has 2 N–H and O–H groups in total. The second-order valence-electron chi connectivity index (χ2n) is 7.05. The van der Waals surface area contributed by atoms with Crippen molar-refractivity contribution >= 4 is 44.1 Å². The van der Waals surface area contributed by atoms with Gasteiger partial charge in [0.2, 0.25) is 15.8 Å². The zero-order valence-corrected chi connectivity index (χ0v) is 18.6. The SMILES string of the molecule is CCCS(=O)(=O)Nc1ccc(F)c(C(=O)c2c[nH]c3ncc(-c4nccnc4Cl)cc23)c1F. The molecule has 12 heteroatoms. The van der Waals surface area contributed by atoms with Crippen LogP contribution in [0.3, 0.4) is 0 Å². The standard InChI is InChI=1S/C21H16ClF2N5O3S/c1-2-7-33(31,32)29-15-4-3-14(23)16(17(15)24)19(30)13-10-28-21-12(13)8-11(9-27-21)18-20(22)26-6-5-25-18/h3-6,8-10,29H,2,7H2,1H3,(H,27,28). The van der Waals surface area contributed by atoms with E-state index in [1.165, 1.54) is 24.8 Å². The summed E-state index contributed by atoms with van der Waals surface area (Å²) in [4.78, 5) is 28.3. The van der Waals surface area contributed by atoms with Gasteiger partial charge in [-0.15, -0.1) is 0 Å². The quantitative estimate of drug-likeness (QED) is 0.371. The lowest BCUT2D eigenvalue weighted by Crippen LogP contribution is -2.18. The minimum Gasteiger partial charge on any atom is -0.345 e. The molecule has 170 valence electrons. The molecular weight excluding hydrogens is 476 g/mol. The number of fused-ring (bicyclic) bond motifs is 1. The molecule has 1 aromatic carbocycles. The number of sulfonamides is 1. The maximum Gasteiger partial charge on any atom is 0.232 e. The number of nitrogens with zero attached hydrogens (tertiary/aromatic N) is 3. The van der Waals surface area contributed by atoms with Crippen LogP contribution in [0.5, 0.6) is 0 Å². The summed E-state index contributed by atoms with van der Waals surface area (Å²) in [7, 11) is -3.86. The van der Waals surface area contributed by atoms with Gasteiger partial charge in [-0.2, -0.15) is 0 Å². The molecule has 0 radical (unpaired) electrons. The highest BCUT2D eigenvalue weighted by molar-refractivity contribution is 7.92. The van der Waals surface area contributed by atoms with E-state index >= 15 is 4.39 Å². The van der Waals surface area contributed by atoms with Crippen LogP contribution in [0, 0.1) is 11.6 Å². The monoisotopic (exact) mass is 491 g/mol. The first kappa shape index (κ1) is 22.7. The molecule has 0 aliphatic heterocycles. The molecule has 0 unspecified atom stereocenters. The van der Waals surface area contributed by atoms with Crippen LogP contribution in [0.25, 0.3) is 22.3 Å². The van der Waals surface area contributed by atoms with Gasteiger partial charge in [-0.3, -0.25) is 14.5 Å². The Morgan fingerprint density at radius 3 is 2.67 bits per heavy atom. The van der Waals surface area contributed by atoms with Crippen molar-refractivity contribution in [2.24, 2.45) is 0 Å². The Bertz CT molecular complexity index is 1490. The fourth-order valence-electron chi connectivity index (χ4n) is 3.30. The average molecular weight is 492 g/mol. The average Bonchev–Trinajstić information content (AvgIpc) is 3.19. The van der Waals surface area contributed by atoms with Crippen molar-refractivity contribution in [2.45, 2.75) is 13.3 Å². The molecule has 3 heterocycles. The number of rotatable bonds is 7. The summed E-state index contributed by atoms with van der Waals surface area (Å²) in [5, 5.41) is 0.390. The molecule has 4 aromatic rings. The van der Waals surface area contributed by atoms with Crippen molar-refractivity contribution in [1.29, 1.82) is 0 Å². The molecule has 3 aromatic heterocycles. The maximum absolute atomic E-state index is 15.1. The number of nitrogens with one attached hydrogen (secondary N) is 2. The molecule has 0 saturated carbocycles. The molecule has 4 rings (SSSR count). The van der Waals surface area contributed by atoms with Crippen molar-refractivity contribution in [1.82, 2.24) is 19.9 Å².